The second kappa shape index (κ2) is 7.31. The van der Waals surface area contributed by atoms with Crippen LogP contribution >= 0.6 is 0 Å². The van der Waals surface area contributed by atoms with Crippen LogP contribution < -0.4 is 23.7 Å². The molecule has 0 saturated heterocycles. The van der Waals surface area contributed by atoms with Crippen LogP contribution in [0.3, 0.4) is 0 Å². The van der Waals surface area contributed by atoms with Gasteiger partial charge in [-0.3, -0.25) is 4.72 Å². The molecule has 2 aromatic carbocycles. The SMILES string of the molecule is COc1ccc(NS(=O)(=O)c2ccc(OC)cc2OC)c(OC)c1. The Labute approximate surface area is 141 Å². The molecule has 2 aromatic rings. The molecule has 0 atom stereocenters. The minimum Gasteiger partial charge on any atom is -0.497 e. The van der Waals surface area contributed by atoms with Crippen LogP contribution in [0.4, 0.5) is 5.69 Å². The van der Waals surface area contributed by atoms with Gasteiger partial charge in [0.25, 0.3) is 10.0 Å². The zero-order chi connectivity index (χ0) is 17.7. The summed E-state index contributed by atoms with van der Waals surface area (Å²) in [7, 11) is 1.96. The largest absolute Gasteiger partial charge is 0.497 e. The molecular weight excluding hydrogens is 334 g/mol. The summed E-state index contributed by atoms with van der Waals surface area (Å²) < 4.78 is 48.4. The molecule has 0 fully saturated rings. The minimum atomic E-state index is -3.88. The van der Waals surface area contributed by atoms with Gasteiger partial charge in [0.1, 0.15) is 27.9 Å². The smallest absolute Gasteiger partial charge is 0.265 e. The van der Waals surface area contributed by atoms with Crippen LogP contribution in [0, 0.1) is 0 Å². The first-order valence-electron chi connectivity index (χ1n) is 6.92. The van der Waals surface area contributed by atoms with E-state index in [2.05, 4.69) is 4.72 Å². The summed E-state index contributed by atoms with van der Waals surface area (Å²) in [4.78, 5) is -0.0105. The van der Waals surface area contributed by atoms with Crippen LogP contribution in [0.2, 0.25) is 0 Å². The van der Waals surface area contributed by atoms with Gasteiger partial charge < -0.3 is 18.9 Å². The molecule has 1 N–H and O–H groups in total. The van der Waals surface area contributed by atoms with Crippen molar-refractivity contribution in [3.8, 4) is 23.0 Å². The molecule has 7 nitrogen and oxygen atoms in total. The molecule has 0 aliphatic carbocycles. The van der Waals surface area contributed by atoms with E-state index in [9.17, 15) is 8.42 Å². The number of hydrogen-bond acceptors (Lipinski definition) is 6. The van der Waals surface area contributed by atoms with Gasteiger partial charge in [-0.1, -0.05) is 0 Å². The van der Waals surface area contributed by atoms with Gasteiger partial charge in [-0.15, -0.1) is 0 Å². The lowest BCUT2D eigenvalue weighted by atomic mass is 10.3. The maximum atomic E-state index is 12.7. The Hall–Kier alpha value is -2.61. The van der Waals surface area contributed by atoms with Crippen LogP contribution in [-0.4, -0.2) is 36.9 Å². The maximum absolute atomic E-state index is 12.7. The van der Waals surface area contributed by atoms with E-state index in [-0.39, 0.29) is 16.3 Å². The highest BCUT2D eigenvalue weighted by Gasteiger charge is 2.22. The summed E-state index contributed by atoms with van der Waals surface area (Å²) in [5.41, 5.74) is 0.288. The Kier molecular flexibility index (Phi) is 5.40. The van der Waals surface area contributed by atoms with Gasteiger partial charge in [0.15, 0.2) is 0 Å². The van der Waals surface area contributed by atoms with Crippen molar-refractivity contribution in [1.82, 2.24) is 0 Å². The first kappa shape index (κ1) is 17.7. The van der Waals surface area contributed by atoms with Gasteiger partial charge in [-0.25, -0.2) is 8.42 Å². The molecular formula is C16H19NO6S. The zero-order valence-corrected chi connectivity index (χ0v) is 14.6. The zero-order valence-electron chi connectivity index (χ0n) is 13.8. The lowest BCUT2D eigenvalue weighted by molar-refractivity contribution is 0.386. The molecule has 8 heteroatoms. The predicted octanol–water partition coefficient (Wildman–Crippen LogP) is 2.52. The second-order valence-corrected chi connectivity index (χ2v) is 6.34. The van der Waals surface area contributed by atoms with Crippen LogP contribution in [-0.2, 0) is 10.0 Å². The fraction of sp³-hybridized carbons (Fsp3) is 0.250. The van der Waals surface area contributed by atoms with Crippen molar-refractivity contribution in [2.45, 2.75) is 4.90 Å². The Morgan fingerprint density at radius 3 is 1.83 bits per heavy atom. The molecule has 0 aliphatic rings. The van der Waals surface area contributed by atoms with Crippen LogP contribution in [0.1, 0.15) is 0 Å². The van der Waals surface area contributed by atoms with Crippen molar-refractivity contribution in [3.05, 3.63) is 36.4 Å². The van der Waals surface area contributed by atoms with E-state index >= 15 is 0 Å². The van der Waals surface area contributed by atoms with Crippen LogP contribution in [0.15, 0.2) is 41.3 Å². The number of hydrogen-bond donors (Lipinski definition) is 1. The van der Waals surface area contributed by atoms with Crippen molar-refractivity contribution in [2.75, 3.05) is 33.2 Å². The highest BCUT2D eigenvalue weighted by atomic mass is 32.2. The predicted molar refractivity (Wildman–Crippen MR) is 89.9 cm³/mol. The van der Waals surface area contributed by atoms with E-state index in [1.54, 1.807) is 24.3 Å². The monoisotopic (exact) mass is 353 g/mol. The summed E-state index contributed by atoms with van der Waals surface area (Å²) in [5, 5.41) is 0. The molecule has 0 aliphatic heterocycles. The summed E-state index contributed by atoms with van der Waals surface area (Å²) in [6, 6.07) is 9.23. The van der Waals surface area contributed by atoms with Gasteiger partial charge in [-0.2, -0.15) is 0 Å². The summed E-state index contributed by atoms with van der Waals surface area (Å²) >= 11 is 0. The average Bonchev–Trinajstić information content (AvgIpc) is 2.61. The quantitative estimate of drug-likeness (QED) is 0.823. The van der Waals surface area contributed by atoms with Crippen LogP contribution in [0.5, 0.6) is 23.0 Å². The maximum Gasteiger partial charge on any atom is 0.265 e. The van der Waals surface area contributed by atoms with Crippen molar-refractivity contribution in [2.24, 2.45) is 0 Å². The number of rotatable bonds is 7. The molecule has 0 bridgehead atoms. The lowest BCUT2D eigenvalue weighted by Gasteiger charge is -2.15. The molecule has 0 spiro atoms. The fourth-order valence-corrected chi connectivity index (χ4v) is 3.30. The van der Waals surface area contributed by atoms with E-state index in [0.29, 0.717) is 17.2 Å². The van der Waals surface area contributed by atoms with E-state index in [4.69, 9.17) is 18.9 Å². The molecule has 2 rings (SSSR count). The number of methoxy groups -OCH3 is 4. The Bertz CT molecular complexity index is 819. The molecule has 24 heavy (non-hydrogen) atoms. The second-order valence-electron chi connectivity index (χ2n) is 4.69. The molecule has 130 valence electrons. The Balaban J connectivity index is 2.42. The standard InChI is InChI=1S/C16H19NO6S/c1-20-11-5-7-13(14(9-11)22-3)17-24(18,19)16-8-6-12(21-2)10-15(16)23-4/h5-10,17H,1-4H3. The molecule has 0 amide bonds. The molecule has 0 radical (unpaired) electrons. The molecule has 0 unspecified atom stereocenters. The lowest BCUT2D eigenvalue weighted by Crippen LogP contribution is -2.14. The van der Waals surface area contributed by atoms with Crippen molar-refractivity contribution in [1.29, 1.82) is 0 Å². The highest BCUT2D eigenvalue weighted by Crippen LogP contribution is 2.33. The molecule has 0 saturated carbocycles. The van der Waals surface area contributed by atoms with E-state index in [0.717, 1.165) is 0 Å². The van der Waals surface area contributed by atoms with Gasteiger partial charge >= 0.3 is 0 Å². The van der Waals surface area contributed by atoms with E-state index in [1.165, 1.54) is 40.6 Å². The van der Waals surface area contributed by atoms with Crippen molar-refractivity contribution < 1.29 is 27.4 Å². The molecule has 0 aromatic heterocycles. The van der Waals surface area contributed by atoms with Gasteiger partial charge in [0.2, 0.25) is 0 Å². The summed E-state index contributed by atoms with van der Waals surface area (Å²) in [5.74, 6) is 1.56. The Morgan fingerprint density at radius 1 is 0.750 bits per heavy atom. The fourth-order valence-electron chi connectivity index (χ4n) is 2.08. The van der Waals surface area contributed by atoms with Gasteiger partial charge in [-0.05, 0) is 24.3 Å². The third-order valence-corrected chi connectivity index (χ3v) is 4.72. The number of ether oxygens (including phenoxy) is 4. The van der Waals surface area contributed by atoms with Crippen LogP contribution in [0.25, 0.3) is 0 Å². The number of nitrogens with one attached hydrogen (secondary N) is 1. The highest BCUT2D eigenvalue weighted by molar-refractivity contribution is 7.92. The minimum absolute atomic E-state index is 0.0105. The van der Waals surface area contributed by atoms with Gasteiger partial charge in [0, 0.05) is 12.1 Å². The third-order valence-electron chi connectivity index (χ3n) is 3.31. The number of sulfonamides is 1. The number of benzene rings is 2. The van der Waals surface area contributed by atoms with Gasteiger partial charge in [0.05, 0.1) is 34.1 Å². The summed E-state index contributed by atoms with van der Waals surface area (Å²) in [6.07, 6.45) is 0. The third kappa shape index (κ3) is 3.65. The topological polar surface area (TPSA) is 83.1 Å². The number of anilines is 1. The molecule has 0 heterocycles. The summed E-state index contributed by atoms with van der Waals surface area (Å²) in [6.45, 7) is 0. The van der Waals surface area contributed by atoms with Crippen molar-refractivity contribution >= 4 is 15.7 Å². The van der Waals surface area contributed by atoms with Crippen molar-refractivity contribution in [3.63, 3.8) is 0 Å². The van der Waals surface area contributed by atoms with E-state index in [1.807, 2.05) is 0 Å². The Morgan fingerprint density at radius 2 is 1.29 bits per heavy atom. The first-order chi connectivity index (χ1) is 11.4. The normalized spacial score (nSPS) is 10.8. The van der Waals surface area contributed by atoms with E-state index < -0.39 is 10.0 Å². The first-order valence-corrected chi connectivity index (χ1v) is 8.40. The average molecular weight is 353 g/mol.